The predicted octanol–water partition coefficient (Wildman–Crippen LogP) is 13.9. The smallest absolute Gasteiger partial charge is 0.457 e. The average Bonchev–Trinajstić information content (AvgIpc) is 3.20. The van der Waals surface area contributed by atoms with E-state index in [0.717, 1.165) is 32.1 Å². The number of esters is 1. The number of carbonyl (C=O) groups excluding carboxylic acids is 1. The van der Waals surface area contributed by atoms with Crippen LogP contribution in [0, 0.1) is 0 Å². The standard InChI is InChI=1S/C47H95O9P/c1-3-5-7-9-11-13-15-17-18-19-20-21-22-23-24-25-26-27-28-30-32-34-36-38-40-53-43-46(44-55-57(51,52)54-42-45(49)41-48)56-47(50)39-37-35-33-31-29-16-14-12-10-8-6-4-2/h45-46,48-49H,3-44H2,1-2H3,(H,51,52). The van der Waals surface area contributed by atoms with Crippen molar-refractivity contribution in [3.8, 4) is 0 Å². The highest BCUT2D eigenvalue weighted by Crippen LogP contribution is 2.43. The maximum Gasteiger partial charge on any atom is 0.472 e. The number of aliphatic hydroxyl groups is 2. The molecule has 0 aliphatic carbocycles. The van der Waals surface area contributed by atoms with Crippen molar-refractivity contribution in [3.63, 3.8) is 0 Å². The van der Waals surface area contributed by atoms with Crippen LogP contribution in [0.4, 0.5) is 0 Å². The molecule has 0 aromatic carbocycles. The maximum absolute atomic E-state index is 12.6. The lowest BCUT2D eigenvalue weighted by atomic mass is 10.0. The first-order chi connectivity index (χ1) is 27.8. The van der Waals surface area contributed by atoms with E-state index in [2.05, 4.69) is 13.8 Å². The minimum atomic E-state index is -4.51. The Labute approximate surface area is 352 Å². The van der Waals surface area contributed by atoms with Crippen molar-refractivity contribution >= 4 is 13.8 Å². The minimum Gasteiger partial charge on any atom is -0.457 e. The number of hydrogen-bond donors (Lipinski definition) is 3. The fourth-order valence-electron chi connectivity index (χ4n) is 7.30. The number of phosphoric acid groups is 1. The number of rotatable bonds is 48. The molecule has 0 spiro atoms. The minimum absolute atomic E-state index is 0.0583. The Hall–Kier alpha value is -0.540. The molecule has 3 atom stereocenters. The van der Waals surface area contributed by atoms with Crippen molar-refractivity contribution in [2.45, 2.75) is 264 Å². The van der Waals surface area contributed by atoms with E-state index < -0.39 is 33.2 Å². The van der Waals surface area contributed by atoms with Gasteiger partial charge in [-0.15, -0.1) is 0 Å². The van der Waals surface area contributed by atoms with Gasteiger partial charge in [0.1, 0.15) is 12.2 Å². The normalized spacial score (nSPS) is 13.8. The Morgan fingerprint density at radius 2 is 0.789 bits per heavy atom. The van der Waals surface area contributed by atoms with Crippen molar-refractivity contribution in [2.24, 2.45) is 0 Å². The van der Waals surface area contributed by atoms with Crippen LogP contribution in [0.25, 0.3) is 0 Å². The van der Waals surface area contributed by atoms with Gasteiger partial charge in [-0.1, -0.05) is 232 Å². The topological polar surface area (TPSA) is 132 Å². The van der Waals surface area contributed by atoms with Crippen LogP contribution in [0.1, 0.15) is 251 Å². The summed E-state index contributed by atoms with van der Waals surface area (Å²) in [5.74, 6) is -0.376. The van der Waals surface area contributed by atoms with Gasteiger partial charge in [-0.25, -0.2) is 4.57 Å². The second-order valence-electron chi connectivity index (χ2n) is 16.9. The lowest BCUT2D eigenvalue weighted by molar-refractivity contribution is -0.154. The summed E-state index contributed by atoms with van der Waals surface area (Å²) < 4.78 is 33.4. The second-order valence-corrected chi connectivity index (χ2v) is 18.3. The van der Waals surface area contributed by atoms with Gasteiger partial charge in [0.2, 0.25) is 0 Å². The summed E-state index contributed by atoms with van der Waals surface area (Å²) in [6.45, 7) is 3.58. The number of phosphoric ester groups is 1. The van der Waals surface area contributed by atoms with Gasteiger partial charge in [-0.2, -0.15) is 0 Å². The molecule has 0 radical (unpaired) electrons. The van der Waals surface area contributed by atoms with Crippen LogP contribution in [0.2, 0.25) is 0 Å². The number of unbranched alkanes of at least 4 members (excludes halogenated alkanes) is 34. The van der Waals surface area contributed by atoms with Crippen molar-refractivity contribution < 1.29 is 43.0 Å². The summed E-state index contributed by atoms with van der Waals surface area (Å²) in [4.78, 5) is 22.6. The zero-order valence-electron chi connectivity index (χ0n) is 37.6. The molecule has 0 rings (SSSR count). The third-order valence-electron chi connectivity index (χ3n) is 11.0. The molecule has 3 unspecified atom stereocenters. The monoisotopic (exact) mass is 835 g/mol. The van der Waals surface area contributed by atoms with E-state index in [-0.39, 0.29) is 25.6 Å². The molecule has 0 saturated heterocycles. The molecule has 0 bridgehead atoms. The van der Waals surface area contributed by atoms with Gasteiger partial charge in [0.15, 0.2) is 0 Å². The van der Waals surface area contributed by atoms with Crippen molar-refractivity contribution in [2.75, 3.05) is 33.0 Å². The van der Waals surface area contributed by atoms with Crippen LogP contribution >= 0.6 is 7.82 Å². The molecule has 57 heavy (non-hydrogen) atoms. The highest BCUT2D eigenvalue weighted by atomic mass is 31.2. The third-order valence-corrected chi connectivity index (χ3v) is 12.0. The molecule has 0 heterocycles. The van der Waals surface area contributed by atoms with Crippen LogP contribution in [0.5, 0.6) is 0 Å². The number of aliphatic hydroxyl groups excluding tert-OH is 2. The van der Waals surface area contributed by atoms with Gasteiger partial charge < -0.3 is 24.6 Å². The first-order valence-electron chi connectivity index (χ1n) is 24.5. The van der Waals surface area contributed by atoms with Crippen LogP contribution < -0.4 is 0 Å². The highest BCUT2D eigenvalue weighted by Gasteiger charge is 2.26. The first kappa shape index (κ1) is 56.5. The summed E-state index contributed by atoms with van der Waals surface area (Å²) in [6.07, 6.45) is 45.1. The molecule has 3 N–H and O–H groups in total. The largest absolute Gasteiger partial charge is 0.472 e. The van der Waals surface area contributed by atoms with Gasteiger partial charge in [-0.3, -0.25) is 13.8 Å². The molecular weight excluding hydrogens is 739 g/mol. The fraction of sp³-hybridized carbons (Fsp3) is 0.979. The fourth-order valence-corrected chi connectivity index (χ4v) is 8.09. The molecule has 0 amide bonds. The van der Waals surface area contributed by atoms with Gasteiger partial charge in [0.25, 0.3) is 0 Å². The third kappa shape index (κ3) is 44.8. The van der Waals surface area contributed by atoms with E-state index in [1.165, 1.54) is 199 Å². The maximum atomic E-state index is 12.6. The molecule has 0 aromatic heterocycles. The molecule has 342 valence electrons. The zero-order valence-corrected chi connectivity index (χ0v) is 38.5. The van der Waals surface area contributed by atoms with E-state index in [1.807, 2.05) is 0 Å². The van der Waals surface area contributed by atoms with E-state index in [4.69, 9.17) is 23.6 Å². The van der Waals surface area contributed by atoms with Crippen LogP contribution in [0.3, 0.4) is 0 Å². The summed E-state index contributed by atoms with van der Waals surface area (Å²) in [6, 6.07) is 0. The van der Waals surface area contributed by atoms with E-state index in [9.17, 15) is 19.4 Å². The average molecular weight is 835 g/mol. The number of carbonyl (C=O) groups is 1. The highest BCUT2D eigenvalue weighted by molar-refractivity contribution is 7.47. The Bertz CT molecular complexity index is 861. The Kier molecular flexibility index (Phi) is 44.6. The Morgan fingerprint density at radius 3 is 1.14 bits per heavy atom. The molecule has 0 aromatic rings. The second kappa shape index (κ2) is 45.0. The summed E-state index contributed by atoms with van der Waals surface area (Å²) >= 11 is 0. The van der Waals surface area contributed by atoms with Crippen LogP contribution in [0.15, 0.2) is 0 Å². The molecule has 0 saturated carbocycles. The van der Waals surface area contributed by atoms with E-state index in [1.54, 1.807) is 0 Å². The van der Waals surface area contributed by atoms with Crippen molar-refractivity contribution in [1.82, 2.24) is 0 Å². The van der Waals surface area contributed by atoms with Crippen molar-refractivity contribution in [1.29, 1.82) is 0 Å². The molecule has 0 aliphatic rings. The summed E-state index contributed by atoms with van der Waals surface area (Å²) in [5.41, 5.74) is 0. The lowest BCUT2D eigenvalue weighted by Gasteiger charge is -2.20. The molecule has 0 fully saturated rings. The number of hydrogen-bond acceptors (Lipinski definition) is 8. The molecule has 9 nitrogen and oxygen atoms in total. The quantitative estimate of drug-likeness (QED) is 0.0311. The van der Waals surface area contributed by atoms with E-state index in [0.29, 0.717) is 6.61 Å². The predicted molar refractivity (Wildman–Crippen MR) is 238 cm³/mol. The van der Waals surface area contributed by atoms with Crippen LogP contribution in [-0.2, 0) is 27.9 Å². The van der Waals surface area contributed by atoms with Gasteiger partial charge in [0.05, 0.1) is 26.4 Å². The summed E-state index contributed by atoms with van der Waals surface area (Å²) in [5, 5.41) is 18.4. The molecule has 10 heteroatoms. The van der Waals surface area contributed by atoms with Gasteiger partial charge in [0, 0.05) is 13.0 Å². The summed E-state index contributed by atoms with van der Waals surface area (Å²) in [7, 11) is -4.51. The van der Waals surface area contributed by atoms with Gasteiger partial charge in [-0.05, 0) is 12.8 Å². The lowest BCUT2D eigenvalue weighted by Crippen LogP contribution is -2.29. The van der Waals surface area contributed by atoms with E-state index >= 15 is 0 Å². The van der Waals surface area contributed by atoms with Gasteiger partial charge >= 0.3 is 13.8 Å². The SMILES string of the molecule is CCCCCCCCCCCCCCCCCCCCCCCCCCOCC(COP(=O)(O)OCC(O)CO)OC(=O)CCCCCCCCCCCCCC. The number of ether oxygens (including phenoxy) is 2. The molecular formula is C47H95O9P. The van der Waals surface area contributed by atoms with Crippen LogP contribution in [-0.4, -0.2) is 66.3 Å². The van der Waals surface area contributed by atoms with Crippen molar-refractivity contribution in [3.05, 3.63) is 0 Å². The Balaban J connectivity index is 3.94. The zero-order chi connectivity index (χ0) is 41.8. The first-order valence-corrected chi connectivity index (χ1v) is 26.0. The Morgan fingerprint density at radius 1 is 0.474 bits per heavy atom. The molecule has 0 aliphatic heterocycles.